The van der Waals surface area contributed by atoms with Crippen molar-refractivity contribution >= 4 is 37.1 Å². The SMILES string of the molecule is CC(C)CS(=O)(=O)N(Cc1cccnc1)C[C@H]1CN(S(=O)(=O)c2cccs2)CCN1c1ccc(C(C)(O)C(F)(F)F)cc1. The van der Waals surface area contributed by atoms with Gasteiger partial charge in [0.05, 0.1) is 11.8 Å². The topological polar surface area (TPSA) is 111 Å². The molecule has 1 saturated heterocycles. The molecule has 1 aliphatic heterocycles. The highest BCUT2D eigenvalue weighted by Crippen LogP contribution is 2.39. The number of hydrogen-bond acceptors (Lipinski definition) is 8. The van der Waals surface area contributed by atoms with E-state index in [1.54, 1.807) is 49.8 Å². The number of hydrogen-bond donors (Lipinski definition) is 1. The van der Waals surface area contributed by atoms with Crippen LogP contribution in [0.1, 0.15) is 31.9 Å². The minimum Gasteiger partial charge on any atom is -0.376 e. The Kier molecular flexibility index (Phi) is 9.93. The normalized spacial score (nSPS) is 18.7. The Morgan fingerprint density at radius 2 is 1.77 bits per heavy atom. The number of sulfonamides is 2. The maximum absolute atomic E-state index is 13.6. The van der Waals surface area contributed by atoms with Crippen molar-refractivity contribution in [3.05, 3.63) is 77.4 Å². The number of alkyl halides is 3. The van der Waals surface area contributed by atoms with Crippen molar-refractivity contribution in [2.24, 2.45) is 5.92 Å². The van der Waals surface area contributed by atoms with Gasteiger partial charge in [-0.25, -0.2) is 16.8 Å². The number of thiophene rings is 1. The van der Waals surface area contributed by atoms with Gasteiger partial charge in [-0.2, -0.15) is 21.8 Å². The Hall–Kier alpha value is -2.56. The Labute approximate surface area is 254 Å². The average Bonchev–Trinajstić information content (AvgIpc) is 3.48. The van der Waals surface area contributed by atoms with Gasteiger partial charge in [0.1, 0.15) is 4.21 Å². The molecule has 15 heteroatoms. The fraction of sp³-hybridized carbons (Fsp3) is 0.464. The predicted octanol–water partition coefficient (Wildman–Crippen LogP) is 4.28. The summed E-state index contributed by atoms with van der Waals surface area (Å²) < 4.78 is 97.2. The molecule has 1 N–H and O–H groups in total. The van der Waals surface area contributed by atoms with Crippen LogP contribution in [0.4, 0.5) is 18.9 Å². The number of benzene rings is 1. The van der Waals surface area contributed by atoms with Crippen molar-refractivity contribution in [3.63, 3.8) is 0 Å². The van der Waals surface area contributed by atoms with Crippen molar-refractivity contribution in [2.75, 3.05) is 36.8 Å². The average molecular weight is 661 g/mol. The molecule has 43 heavy (non-hydrogen) atoms. The van der Waals surface area contributed by atoms with Gasteiger partial charge in [0.15, 0.2) is 5.60 Å². The highest BCUT2D eigenvalue weighted by Gasteiger charge is 2.51. The second kappa shape index (κ2) is 12.8. The standard InChI is InChI=1S/C28H35F3N4O5S3/c1-21(2)20-42(37,38)34(17-22-6-4-12-32-16-22)19-25-18-33(43(39,40)26-7-5-15-41-26)13-14-35(25)24-10-8-23(9-11-24)27(3,36)28(29,30)31/h4-12,15-16,21,25,36H,13-14,17-20H2,1-3H3/t25-,27?/m1/s1. The molecular formula is C28H35F3N4O5S3. The third-order valence-corrected chi connectivity index (χ3v) is 12.7. The summed E-state index contributed by atoms with van der Waals surface area (Å²) in [5, 5.41) is 11.8. The Morgan fingerprint density at radius 3 is 2.33 bits per heavy atom. The first-order valence-corrected chi connectivity index (χ1v) is 17.5. The number of aromatic nitrogens is 1. The number of piperazine rings is 1. The number of aliphatic hydroxyl groups is 1. The van der Waals surface area contributed by atoms with E-state index >= 15 is 0 Å². The zero-order valence-electron chi connectivity index (χ0n) is 24.0. The lowest BCUT2D eigenvalue weighted by Crippen LogP contribution is -2.59. The molecule has 1 fully saturated rings. The molecule has 3 heterocycles. The molecule has 0 bridgehead atoms. The second-order valence-electron chi connectivity index (χ2n) is 11.1. The fourth-order valence-corrected chi connectivity index (χ4v) is 9.36. The first-order chi connectivity index (χ1) is 20.0. The maximum atomic E-state index is 13.6. The number of halogens is 3. The molecule has 236 valence electrons. The van der Waals surface area contributed by atoms with Crippen LogP contribution in [0.25, 0.3) is 0 Å². The summed E-state index contributed by atoms with van der Waals surface area (Å²) in [6.45, 7) is 4.38. The summed E-state index contributed by atoms with van der Waals surface area (Å²) in [5.41, 5.74) is -2.29. The third kappa shape index (κ3) is 7.57. The summed E-state index contributed by atoms with van der Waals surface area (Å²) in [6.07, 6.45) is -1.75. The molecular weight excluding hydrogens is 626 g/mol. The minimum atomic E-state index is -4.89. The number of pyridine rings is 1. The van der Waals surface area contributed by atoms with Gasteiger partial charge in [-0.3, -0.25) is 4.98 Å². The summed E-state index contributed by atoms with van der Waals surface area (Å²) in [5.74, 6) is -0.299. The van der Waals surface area contributed by atoms with Crippen molar-refractivity contribution in [1.29, 1.82) is 0 Å². The Bertz CT molecular complexity index is 1570. The minimum absolute atomic E-state index is 0.0122. The van der Waals surface area contributed by atoms with E-state index in [0.29, 0.717) is 18.2 Å². The molecule has 0 amide bonds. The fourth-order valence-electron chi connectivity index (χ4n) is 4.95. The third-order valence-electron chi connectivity index (χ3n) is 7.28. The number of nitrogens with zero attached hydrogens (tertiary/aromatic N) is 4. The zero-order valence-corrected chi connectivity index (χ0v) is 26.4. The van der Waals surface area contributed by atoms with Gasteiger partial charge in [-0.15, -0.1) is 11.3 Å². The molecule has 1 aromatic carbocycles. The lowest BCUT2D eigenvalue weighted by Gasteiger charge is -2.43. The van der Waals surface area contributed by atoms with Crippen LogP contribution in [0.3, 0.4) is 0 Å². The Morgan fingerprint density at radius 1 is 1.07 bits per heavy atom. The summed E-state index contributed by atoms with van der Waals surface area (Å²) in [6, 6.07) is 11.1. The molecule has 0 aliphatic carbocycles. The molecule has 0 radical (unpaired) electrons. The zero-order chi connectivity index (χ0) is 31.6. The van der Waals surface area contributed by atoms with Crippen LogP contribution < -0.4 is 4.90 Å². The van der Waals surface area contributed by atoms with E-state index in [0.717, 1.165) is 11.3 Å². The van der Waals surface area contributed by atoms with Gasteiger partial charge in [0, 0.05) is 50.8 Å². The lowest BCUT2D eigenvalue weighted by molar-refractivity contribution is -0.258. The van der Waals surface area contributed by atoms with E-state index in [-0.39, 0.29) is 54.2 Å². The highest BCUT2D eigenvalue weighted by atomic mass is 32.2. The van der Waals surface area contributed by atoms with Gasteiger partial charge in [0.2, 0.25) is 10.0 Å². The van der Waals surface area contributed by atoms with E-state index in [9.17, 15) is 35.1 Å². The number of rotatable bonds is 11. The van der Waals surface area contributed by atoms with Crippen molar-refractivity contribution in [3.8, 4) is 0 Å². The quantitative estimate of drug-likeness (QED) is 0.327. The monoisotopic (exact) mass is 660 g/mol. The summed E-state index contributed by atoms with van der Waals surface area (Å²) in [4.78, 5) is 5.90. The highest BCUT2D eigenvalue weighted by molar-refractivity contribution is 7.91. The molecule has 2 atom stereocenters. The molecule has 0 saturated carbocycles. The molecule has 0 spiro atoms. The molecule has 3 aromatic rings. The summed E-state index contributed by atoms with van der Waals surface area (Å²) >= 11 is 1.08. The van der Waals surface area contributed by atoms with Gasteiger partial charge >= 0.3 is 6.18 Å². The largest absolute Gasteiger partial charge is 0.421 e. The Balaban J connectivity index is 1.71. The van der Waals surface area contributed by atoms with Gasteiger partial charge in [0.25, 0.3) is 10.0 Å². The van der Waals surface area contributed by atoms with Gasteiger partial charge in [-0.1, -0.05) is 38.1 Å². The molecule has 1 unspecified atom stereocenters. The van der Waals surface area contributed by atoms with Crippen LogP contribution >= 0.6 is 11.3 Å². The van der Waals surface area contributed by atoms with Gasteiger partial charge in [-0.05, 0) is 53.6 Å². The lowest BCUT2D eigenvalue weighted by atomic mass is 9.95. The van der Waals surface area contributed by atoms with E-state index < -0.39 is 37.9 Å². The first kappa shape index (κ1) is 33.3. The van der Waals surface area contributed by atoms with Crippen LogP contribution in [0.5, 0.6) is 0 Å². The van der Waals surface area contributed by atoms with Gasteiger partial charge < -0.3 is 10.0 Å². The van der Waals surface area contributed by atoms with Crippen LogP contribution in [0.15, 0.2) is 70.5 Å². The van der Waals surface area contributed by atoms with E-state index in [1.165, 1.54) is 38.9 Å². The number of anilines is 1. The van der Waals surface area contributed by atoms with Crippen molar-refractivity contribution < 1.29 is 35.1 Å². The van der Waals surface area contributed by atoms with Crippen LogP contribution in [0, 0.1) is 5.92 Å². The van der Waals surface area contributed by atoms with Crippen molar-refractivity contribution in [1.82, 2.24) is 13.6 Å². The molecule has 9 nitrogen and oxygen atoms in total. The first-order valence-electron chi connectivity index (χ1n) is 13.6. The van der Waals surface area contributed by atoms with E-state index in [2.05, 4.69) is 4.98 Å². The molecule has 4 rings (SSSR count). The smallest absolute Gasteiger partial charge is 0.376 e. The van der Waals surface area contributed by atoms with Crippen LogP contribution in [-0.2, 0) is 32.2 Å². The second-order valence-corrected chi connectivity index (χ2v) is 16.2. The molecule has 2 aromatic heterocycles. The maximum Gasteiger partial charge on any atom is 0.421 e. The summed E-state index contributed by atoms with van der Waals surface area (Å²) in [7, 11) is -7.67. The van der Waals surface area contributed by atoms with E-state index in [4.69, 9.17) is 0 Å². The van der Waals surface area contributed by atoms with Crippen LogP contribution in [-0.4, -0.2) is 79.7 Å². The van der Waals surface area contributed by atoms with E-state index in [1.807, 2.05) is 4.90 Å². The molecule has 1 aliphatic rings. The van der Waals surface area contributed by atoms with Crippen LogP contribution in [0.2, 0.25) is 0 Å². The van der Waals surface area contributed by atoms with Crippen molar-refractivity contribution in [2.45, 2.75) is 49.3 Å². The predicted molar refractivity (Wildman–Crippen MR) is 160 cm³/mol.